The van der Waals surface area contributed by atoms with Crippen molar-refractivity contribution in [3.05, 3.63) is 30.1 Å². The highest BCUT2D eigenvalue weighted by molar-refractivity contribution is 5.07. The predicted molar refractivity (Wildman–Crippen MR) is 66.4 cm³/mol. The Labute approximate surface area is 98.2 Å². The molecule has 1 rings (SSSR count). The molecule has 1 heterocycles. The van der Waals surface area contributed by atoms with Crippen molar-refractivity contribution >= 4 is 0 Å². The van der Waals surface area contributed by atoms with Crippen molar-refractivity contribution in [3.63, 3.8) is 0 Å². The van der Waals surface area contributed by atoms with Crippen LogP contribution in [0.1, 0.15) is 39.4 Å². The molecule has 0 aliphatic heterocycles. The summed E-state index contributed by atoms with van der Waals surface area (Å²) in [4.78, 5) is 4.30. The van der Waals surface area contributed by atoms with Gasteiger partial charge in [0.05, 0.1) is 17.9 Å². The summed E-state index contributed by atoms with van der Waals surface area (Å²) in [5.41, 5.74) is 1.01. The van der Waals surface area contributed by atoms with Gasteiger partial charge in [-0.3, -0.25) is 4.98 Å². The minimum Gasteiger partial charge on any atom is -0.375 e. The molecule has 0 radical (unpaired) electrons. The van der Waals surface area contributed by atoms with Gasteiger partial charge in [-0.2, -0.15) is 0 Å². The van der Waals surface area contributed by atoms with E-state index in [2.05, 4.69) is 38.0 Å². The molecule has 1 aromatic heterocycles. The molecule has 0 spiro atoms. The van der Waals surface area contributed by atoms with Crippen molar-refractivity contribution in [1.29, 1.82) is 0 Å². The summed E-state index contributed by atoms with van der Waals surface area (Å²) in [6.45, 7) is 9.87. The maximum atomic E-state index is 5.63. The zero-order valence-electron chi connectivity index (χ0n) is 10.7. The van der Waals surface area contributed by atoms with Gasteiger partial charge in [-0.15, -0.1) is 0 Å². The molecule has 3 heteroatoms. The number of nitrogens with zero attached hydrogens (tertiary/aromatic N) is 1. The lowest BCUT2D eigenvalue weighted by Gasteiger charge is -2.20. The molecule has 1 N–H and O–H groups in total. The van der Waals surface area contributed by atoms with Crippen LogP contribution in [0.15, 0.2) is 24.4 Å². The Kier molecular flexibility index (Phi) is 4.90. The molecule has 1 atom stereocenters. The molecule has 0 saturated heterocycles. The quantitative estimate of drug-likeness (QED) is 0.777. The summed E-state index contributed by atoms with van der Waals surface area (Å²) in [7, 11) is 0. The number of nitrogens with one attached hydrogen (secondary N) is 1. The molecule has 0 saturated carbocycles. The number of rotatable bonds is 5. The third-order valence-corrected chi connectivity index (χ3v) is 2.22. The lowest BCUT2D eigenvalue weighted by molar-refractivity contribution is -0.00152. The average molecular weight is 222 g/mol. The minimum absolute atomic E-state index is 0.0596. The number of ether oxygens (including phenoxy) is 1. The Balaban J connectivity index is 2.24. The van der Waals surface area contributed by atoms with E-state index in [-0.39, 0.29) is 11.6 Å². The molecular weight excluding hydrogens is 200 g/mol. The zero-order chi connectivity index (χ0) is 12.0. The minimum atomic E-state index is -0.0596. The van der Waals surface area contributed by atoms with Gasteiger partial charge in [0.1, 0.15) is 0 Å². The van der Waals surface area contributed by atoms with E-state index in [1.165, 1.54) is 0 Å². The summed E-state index contributed by atoms with van der Waals surface area (Å²) in [5, 5.41) is 3.38. The van der Waals surface area contributed by atoms with E-state index < -0.39 is 0 Å². The Morgan fingerprint density at radius 1 is 1.38 bits per heavy atom. The van der Waals surface area contributed by atoms with E-state index in [1.807, 2.05) is 24.4 Å². The fraction of sp³-hybridized carbons (Fsp3) is 0.615. The molecule has 0 amide bonds. The SMILES string of the molecule is C[C@@H](NCCOC(C)(C)C)c1ccccn1. The highest BCUT2D eigenvalue weighted by Crippen LogP contribution is 2.08. The van der Waals surface area contributed by atoms with E-state index in [4.69, 9.17) is 4.74 Å². The van der Waals surface area contributed by atoms with Crippen LogP contribution in [0.25, 0.3) is 0 Å². The van der Waals surface area contributed by atoms with Gasteiger partial charge in [0, 0.05) is 18.8 Å². The van der Waals surface area contributed by atoms with Gasteiger partial charge < -0.3 is 10.1 Å². The lowest BCUT2D eigenvalue weighted by atomic mass is 10.2. The molecule has 0 fully saturated rings. The van der Waals surface area contributed by atoms with Crippen LogP contribution in [0, 0.1) is 0 Å². The second kappa shape index (κ2) is 5.97. The molecule has 90 valence electrons. The average Bonchev–Trinajstić information content (AvgIpc) is 2.24. The van der Waals surface area contributed by atoms with Gasteiger partial charge >= 0.3 is 0 Å². The lowest BCUT2D eigenvalue weighted by Crippen LogP contribution is -2.28. The third kappa shape index (κ3) is 5.24. The summed E-state index contributed by atoms with van der Waals surface area (Å²) in [5.74, 6) is 0. The molecule has 1 aromatic rings. The summed E-state index contributed by atoms with van der Waals surface area (Å²) < 4.78 is 5.63. The molecule has 0 unspecified atom stereocenters. The maximum Gasteiger partial charge on any atom is 0.0599 e. The highest BCUT2D eigenvalue weighted by atomic mass is 16.5. The largest absolute Gasteiger partial charge is 0.375 e. The fourth-order valence-corrected chi connectivity index (χ4v) is 1.37. The van der Waals surface area contributed by atoms with Crippen LogP contribution in [-0.2, 0) is 4.74 Å². The summed E-state index contributed by atoms with van der Waals surface area (Å²) in [6, 6.07) is 6.23. The number of hydrogen-bond donors (Lipinski definition) is 1. The first-order valence-corrected chi connectivity index (χ1v) is 5.77. The zero-order valence-corrected chi connectivity index (χ0v) is 10.7. The Bertz CT molecular complexity index is 293. The molecule has 0 aromatic carbocycles. The predicted octanol–water partition coefficient (Wildman–Crippen LogP) is 2.55. The standard InChI is InChI=1S/C13H22N2O/c1-11(12-7-5-6-8-15-12)14-9-10-16-13(2,3)4/h5-8,11,14H,9-10H2,1-4H3/t11-/m1/s1. The highest BCUT2D eigenvalue weighted by Gasteiger charge is 2.10. The van der Waals surface area contributed by atoms with Crippen molar-refractivity contribution < 1.29 is 4.74 Å². The Morgan fingerprint density at radius 2 is 2.12 bits per heavy atom. The Hall–Kier alpha value is -0.930. The molecule has 0 aliphatic rings. The normalized spacial score (nSPS) is 13.8. The third-order valence-electron chi connectivity index (χ3n) is 2.22. The van der Waals surface area contributed by atoms with Gasteiger partial charge in [-0.25, -0.2) is 0 Å². The number of pyridine rings is 1. The molecule has 16 heavy (non-hydrogen) atoms. The smallest absolute Gasteiger partial charge is 0.0599 e. The van der Waals surface area contributed by atoms with Crippen molar-refractivity contribution in [2.24, 2.45) is 0 Å². The second-order valence-electron chi connectivity index (χ2n) is 4.89. The first kappa shape index (κ1) is 13.1. The molecule has 3 nitrogen and oxygen atoms in total. The number of hydrogen-bond acceptors (Lipinski definition) is 3. The maximum absolute atomic E-state index is 5.63. The molecule has 0 bridgehead atoms. The van der Waals surface area contributed by atoms with Crippen LogP contribution in [0.3, 0.4) is 0 Å². The fourth-order valence-electron chi connectivity index (χ4n) is 1.37. The van der Waals surface area contributed by atoms with Crippen molar-refractivity contribution in [2.45, 2.75) is 39.3 Å². The van der Waals surface area contributed by atoms with Crippen LogP contribution in [0.5, 0.6) is 0 Å². The van der Waals surface area contributed by atoms with Crippen molar-refractivity contribution in [2.75, 3.05) is 13.2 Å². The van der Waals surface area contributed by atoms with Crippen LogP contribution >= 0.6 is 0 Å². The van der Waals surface area contributed by atoms with Crippen LogP contribution in [0.4, 0.5) is 0 Å². The van der Waals surface area contributed by atoms with Crippen LogP contribution in [-0.4, -0.2) is 23.7 Å². The van der Waals surface area contributed by atoms with Gasteiger partial charge in [0.15, 0.2) is 0 Å². The van der Waals surface area contributed by atoms with E-state index in [1.54, 1.807) is 0 Å². The second-order valence-corrected chi connectivity index (χ2v) is 4.89. The first-order chi connectivity index (χ1) is 7.49. The van der Waals surface area contributed by atoms with Crippen molar-refractivity contribution in [1.82, 2.24) is 10.3 Å². The first-order valence-electron chi connectivity index (χ1n) is 5.77. The number of aromatic nitrogens is 1. The van der Waals surface area contributed by atoms with E-state index in [0.717, 1.165) is 18.8 Å². The van der Waals surface area contributed by atoms with E-state index >= 15 is 0 Å². The monoisotopic (exact) mass is 222 g/mol. The Morgan fingerprint density at radius 3 is 2.69 bits per heavy atom. The van der Waals surface area contributed by atoms with E-state index in [0.29, 0.717) is 0 Å². The van der Waals surface area contributed by atoms with Crippen LogP contribution in [0.2, 0.25) is 0 Å². The van der Waals surface area contributed by atoms with Gasteiger partial charge in [0.2, 0.25) is 0 Å². The molecular formula is C13H22N2O. The van der Waals surface area contributed by atoms with Gasteiger partial charge in [-0.05, 0) is 39.8 Å². The topological polar surface area (TPSA) is 34.1 Å². The van der Waals surface area contributed by atoms with Crippen molar-refractivity contribution in [3.8, 4) is 0 Å². The summed E-state index contributed by atoms with van der Waals surface area (Å²) in [6.07, 6.45) is 1.82. The van der Waals surface area contributed by atoms with Crippen LogP contribution < -0.4 is 5.32 Å². The van der Waals surface area contributed by atoms with Gasteiger partial charge in [-0.1, -0.05) is 6.07 Å². The molecule has 0 aliphatic carbocycles. The summed E-state index contributed by atoms with van der Waals surface area (Å²) >= 11 is 0. The van der Waals surface area contributed by atoms with E-state index in [9.17, 15) is 0 Å². The van der Waals surface area contributed by atoms with Gasteiger partial charge in [0.25, 0.3) is 0 Å².